The lowest BCUT2D eigenvalue weighted by Gasteiger charge is -2.29. The standard InChI is InChI=1S/C10H21NO/c1-3-10(12-4-2)9-5-7-11-8-6-9/h9-11H,3-8H2,1-2H3. The third-order valence-corrected chi connectivity index (χ3v) is 2.69. The highest BCUT2D eigenvalue weighted by Gasteiger charge is 2.21. The fourth-order valence-electron chi connectivity index (χ4n) is 2.02. The van der Waals surface area contributed by atoms with Gasteiger partial charge in [0.05, 0.1) is 6.10 Å². The molecule has 0 radical (unpaired) electrons. The van der Waals surface area contributed by atoms with Crippen molar-refractivity contribution in [3.63, 3.8) is 0 Å². The summed E-state index contributed by atoms with van der Waals surface area (Å²) in [6.07, 6.45) is 4.26. The van der Waals surface area contributed by atoms with Crippen molar-refractivity contribution < 1.29 is 4.74 Å². The Morgan fingerprint density at radius 2 is 2.00 bits per heavy atom. The van der Waals surface area contributed by atoms with Gasteiger partial charge in [0.2, 0.25) is 0 Å². The average molecular weight is 171 g/mol. The molecular formula is C10H21NO. The quantitative estimate of drug-likeness (QED) is 0.696. The normalized spacial score (nSPS) is 22.5. The van der Waals surface area contributed by atoms with Crippen LogP contribution < -0.4 is 5.32 Å². The van der Waals surface area contributed by atoms with Gasteiger partial charge in [-0.05, 0) is 45.2 Å². The maximum Gasteiger partial charge on any atom is 0.0601 e. The molecule has 0 saturated carbocycles. The van der Waals surface area contributed by atoms with Gasteiger partial charge in [-0.1, -0.05) is 6.92 Å². The summed E-state index contributed by atoms with van der Waals surface area (Å²) in [7, 11) is 0. The molecule has 12 heavy (non-hydrogen) atoms. The van der Waals surface area contributed by atoms with Gasteiger partial charge >= 0.3 is 0 Å². The van der Waals surface area contributed by atoms with Crippen LogP contribution in [0.25, 0.3) is 0 Å². The summed E-state index contributed by atoms with van der Waals surface area (Å²) in [5.41, 5.74) is 0. The van der Waals surface area contributed by atoms with Gasteiger partial charge in [-0.2, -0.15) is 0 Å². The van der Waals surface area contributed by atoms with Gasteiger partial charge in [0.1, 0.15) is 0 Å². The molecular weight excluding hydrogens is 150 g/mol. The number of hydrogen-bond donors (Lipinski definition) is 1. The van der Waals surface area contributed by atoms with Crippen LogP contribution in [0.4, 0.5) is 0 Å². The SMILES string of the molecule is CCOC(CC)C1CCNCC1. The zero-order valence-electron chi connectivity index (χ0n) is 8.31. The van der Waals surface area contributed by atoms with E-state index in [1.54, 1.807) is 0 Å². The Hall–Kier alpha value is -0.0800. The van der Waals surface area contributed by atoms with E-state index >= 15 is 0 Å². The largest absolute Gasteiger partial charge is 0.378 e. The zero-order chi connectivity index (χ0) is 8.81. The molecule has 0 aromatic rings. The summed E-state index contributed by atoms with van der Waals surface area (Å²) >= 11 is 0. The second-order valence-electron chi connectivity index (χ2n) is 3.49. The van der Waals surface area contributed by atoms with Crippen LogP contribution in [0.2, 0.25) is 0 Å². The van der Waals surface area contributed by atoms with Crippen molar-refractivity contribution in [2.24, 2.45) is 5.92 Å². The summed E-state index contributed by atoms with van der Waals surface area (Å²) in [6.45, 7) is 7.52. The molecule has 1 heterocycles. The smallest absolute Gasteiger partial charge is 0.0601 e. The minimum absolute atomic E-state index is 0.511. The van der Waals surface area contributed by atoms with Crippen LogP contribution in [-0.2, 0) is 4.74 Å². The van der Waals surface area contributed by atoms with Crippen LogP contribution in [-0.4, -0.2) is 25.8 Å². The van der Waals surface area contributed by atoms with Gasteiger partial charge in [0, 0.05) is 6.61 Å². The van der Waals surface area contributed by atoms with Crippen molar-refractivity contribution in [2.45, 2.75) is 39.2 Å². The second kappa shape index (κ2) is 5.55. The molecule has 0 aliphatic carbocycles. The highest BCUT2D eigenvalue weighted by Crippen LogP contribution is 2.20. The summed E-state index contributed by atoms with van der Waals surface area (Å²) in [4.78, 5) is 0. The maximum atomic E-state index is 5.70. The van der Waals surface area contributed by atoms with E-state index in [1.165, 1.54) is 32.4 Å². The first-order valence-electron chi connectivity index (χ1n) is 5.20. The van der Waals surface area contributed by atoms with Gasteiger partial charge < -0.3 is 10.1 Å². The number of hydrogen-bond acceptors (Lipinski definition) is 2. The molecule has 1 atom stereocenters. The minimum Gasteiger partial charge on any atom is -0.378 e. The monoisotopic (exact) mass is 171 g/mol. The van der Waals surface area contributed by atoms with Gasteiger partial charge in [-0.15, -0.1) is 0 Å². The van der Waals surface area contributed by atoms with E-state index < -0.39 is 0 Å². The highest BCUT2D eigenvalue weighted by atomic mass is 16.5. The summed E-state index contributed by atoms with van der Waals surface area (Å²) in [6, 6.07) is 0. The van der Waals surface area contributed by atoms with Crippen LogP contribution in [0.3, 0.4) is 0 Å². The Morgan fingerprint density at radius 3 is 2.50 bits per heavy atom. The first kappa shape index (κ1) is 10.0. The van der Waals surface area contributed by atoms with Crippen molar-refractivity contribution in [3.8, 4) is 0 Å². The third kappa shape index (κ3) is 2.76. The van der Waals surface area contributed by atoms with Crippen molar-refractivity contribution in [3.05, 3.63) is 0 Å². The fraction of sp³-hybridized carbons (Fsp3) is 1.00. The molecule has 1 unspecified atom stereocenters. The molecule has 2 nitrogen and oxygen atoms in total. The lowest BCUT2D eigenvalue weighted by Crippen LogP contribution is -2.35. The van der Waals surface area contributed by atoms with E-state index in [1.807, 2.05) is 0 Å². The fourth-order valence-corrected chi connectivity index (χ4v) is 2.02. The zero-order valence-corrected chi connectivity index (χ0v) is 8.31. The number of piperidine rings is 1. The van der Waals surface area contributed by atoms with E-state index in [0.717, 1.165) is 12.5 Å². The third-order valence-electron chi connectivity index (χ3n) is 2.69. The van der Waals surface area contributed by atoms with Crippen LogP contribution in [0.1, 0.15) is 33.1 Å². The van der Waals surface area contributed by atoms with Crippen LogP contribution in [0, 0.1) is 5.92 Å². The Kier molecular flexibility index (Phi) is 4.62. The van der Waals surface area contributed by atoms with Gasteiger partial charge in [0.25, 0.3) is 0 Å². The Bertz CT molecular complexity index is 108. The van der Waals surface area contributed by atoms with E-state index in [9.17, 15) is 0 Å². The molecule has 1 saturated heterocycles. The number of nitrogens with one attached hydrogen (secondary N) is 1. The molecule has 1 aliphatic rings. The number of rotatable bonds is 4. The molecule has 0 amide bonds. The van der Waals surface area contributed by atoms with Gasteiger partial charge in [-0.3, -0.25) is 0 Å². The summed E-state index contributed by atoms with van der Waals surface area (Å²) < 4.78 is 5.70. The summed E-state index contributed by atoms with van der Waals surface area (Å²) in [5.74, 6) is 0.802. The number of ether oxygens (including phenoxy) is 1. The minimum atomic E-state index is 0.511. The molecule has 0 bridgehead atoms. The van der Waals surface area contributed by atoms with Crippen molar-refractivity contribution in [1.82, 2.24) is 5.32 Å². The van der Waals surface area contributed by atoms with Gasteiger partial charge in [0.15, 0.2) is 0 Å². The molecule has 72 valence electrons. The molecule has 1 fully saturated rings. The van der Waals surface area contributed by atoms with E-state index in [2.05, 4.69) is 19.2 Å². The highest BCUT2D eigenvalue weighted by molar-refractivity contribution is 4.75. The van der Waals surface area contributed by atoms with Crippen LogP contribution >= 0.6 is 0 Å². The van der Waals surface area contributed by atoms with Crippen molar-refractivity contribution in [1.29, 1.82) is 0 Å². The lowest BCUT2D eigenvalue weighted by molar-refractivity contribution is 0.00743. The maximum absolute atomic E-state index is 5.70. The summed E-state index contributed by atoms with van der Waals surface area (Å²) in [5, 5.41) is 3.38. The molecule has 0 aromatic heterocycles. The molecule has 2 heteroatoms. The predicted octanol–water partition coefficient (Wildman–Crippen LogP) is 1.80. The molecule has 0 aromatic carbocycles. The predicted molar refractivity (Wildman–Crippen MR) is 51.3 cm³/mol. The second-order valence-corrected chi connectivity index (χ2v) is 3.49. The average Bonchev–Trinajstić information content (AvgIpc) is 2.15. The van der Waals surface area contributed by atoms with Crippen LogP contribution in [0.5, 0.6) is 0 Å². The van der Waals surface area contributed by atoms with E-state index in [4.69, 9.17) is 4.74 Å². The Labute approximate surface area is 75.7 Å². The van der Waals surface area contributed by atoms with Crippen molar-refractivity contribution >= 4 is 0 Å². The first-order chi connectivity index (χ1) is 5.88. The van der Waals surface area contributed by atoms with Crippen molar-refractivity contribution in [2.75, 3.05) is 19.7 Å². The Balaban J connectivity index is 2.29. The van der Waals surface area contributed by atoms with E-state index in [-0.39, 0.29) is 0 Å². The molecule has 1 N–H and O–H groups in total. The lowest BCUT2D eigenvalue weighted by atomic mass is 9.91. The first-order valence-corrected chi connectivity index (χ1v) is 5.20. The van der Waals surface area contributed by atoms with Gasteiger partial charge in [-0.25, -0.2) is 0 Å². The molecule has 1 rings (SSSR count). The topological polar surface area (TPSA) is 21.3 Å². The molecule has 0 spiro atoms. The van der Waals surface area contributed by atoms with E-state index in [0.29, 0.717) is 6.10 Å². The Morgan fingerprint density at radius 1 is 1.33 bits per heavy atom. The molecule has 1 aliphatic heterocycles. The van der Waals surface area contributed by atoms with Crippen LogP contribution in [0.15, 0.2) is 0 Å².